The number of aromatic nitrogens is 2. The van der Waals surface area contributed by atoms with Gasteiger partial charge in [-0.1, -0.05) is 74.5 Å². The van der Waals surface area contributed by atoms with Gasteiger partial charge in [-0.05, 0) is 47.2 Å². The summed E-state index contributed by atoms with van der Waals surface area (Å²) in [5.74, 6) is 0. The Bertz CT molecular complexity index is 795. The highest BCUT2D eigenvalue weighted by Crippen LogP contribution is 2.11. The van der Waals surface area contributed by atoms with Crippen molar-refractivity contribution >= 4 is 24.3 Å². The molecule has 0 fully saturated rings. The van der Waals surface area contributed by atoms with E-state index in [4.69, 9.17) is 0 Å². The minimum absolute atomic E-state index is 0.856. The molecule has 130 valence electrons. The molecule has 3 aromatic rings. The Morgan fingerprint density at radius 1 is 0.577 bits per heavy atom. The third-order valence-electron chi connectivity index (χ3n) is 4.36. The normalized spacial score (nSPS) is 11.5. The van der Waals surface area contributed by atoms with Gasteiger partial charge in [0, 0.05) is 0 Å². The second-order valence-electron chi connectivity index (χ2n) is 6.22. The van der Waals surface area contributed by atoms with Crippen molar-refractivity contribution < 1.29 is 0 Å². The Balaban J connectivity index is 1.63. The van der Waals surface area contributed by atoms with E-state index in [9.17, 15) is 0 Å². The quantitative estimate of drug-likeness (QED) is 0.555. The fourth-order valence-corrected chi connectivity index (χ4v) is 2.61. The van der Waals surface area contributed by atoms with Gasteiger partial charge in [0.2, 0.25) is 0 Å². The Hall–Kier alpha value is -3.00. The molecule has 2 nitrogen and oxygen atoms in total. The summed E-state index contributed by atoms with van der Waals surface area (Å²) in [7, 11) is 0. The van der Waals surface area contributed by atoms with Crippen LogP contribution in [0.5, 0.6) is 0 Å². The highest BCUT2D eigenvalue weighted by Gasteiger charge is 1.94. The number of benzene rings is 2. The molecule has 0 saturated carbocycles. The first-order valence-electron chi connectivity index (χ1n) is 9.13. The molecule has 1 aromatic heterocycles. The van der Waals surface area contributed by atoms with Gasteiger partial charge >= 0.3 is 0 Å². The zero-order valence-corrected chi connectivity index (χ0v) is 15.4. The van der Waals surface area contributed by atoms with E-state index in [0.29, 0.717) is 0 Å². The van der Waals surface area contributed by atoms with Crippen molar-refractivity contribution in [2.75, 3.05) is 0 Å². The van der Waals surface area contributed by atoms with Gasteiger partial charge in [0.1, 0.15) is 0 Å². The molecule has 0 aliphatic rings. The van der Waals surface area contributed by atoms with E-state index < -0.39 is 0 Å². The molecule has 0 spiro atoms. The van der Waals surface area contributed by atoms with Crippen LogP contribution in [0.3, 0.4) is 0 Å². The second kappa shape index (κ2) is 8.91. The van der Waals surface area contributed by atoms with E-state index >= 15 is 0 Å². The number of rotatable bonds is 6. The monoisotopic (exact) mass is 340 g/mol. The van der Waals surface area contributed by atoms with E-state index in [0.717, 1.165) is 24.2 Å². The van der Waals surface area contributed by atoms with Gasteiger partial charge in [-0.25, -0.2) is 0 Å². The molecule has 0 radical (unpaired) electrons. The molecule has 26 heavy (non-hydrogen) atoms. The topological polar surface area (TPSA) is 25.8 Å². The first-order valence-corrected chi connectivity index (χ1v) is 9.13. The van der Waals surface area contributed by atoms with Gasteiger partial charge in [0.05, 0.1) is 23.8 Å². The van der Waals surface area contributed by atoms with Crippen LogP contribution in [-0.4, -0.2) is 9.97 Å². The number of hydrogen-bond donors (Lipinski definition) is 0. The van der Waals surface area contributed by atoms with Crippen molar-refractivity contribution in [1.29, 1.82) is 0 Å². The lowest BCUT2D eigenvalue weighted by atomic mass is 10.1. The Labute approximate surface area is 156 Å². The van der Waals surface area contributed by atoms with Crippen LogP contribution >= 0.6 is 0 Å². The molecule has 3 rings (SSSR count). The Morgan fingerprint density at radius 2 is 0.962 bits per heavy atom. The van der Waals surface area contributed by atoms with Crippen molar-refractivity contribution in [3.8, 4) is 0 Å². The maximum absolute atomic E-state index is 4.47. The van der Waals surface area contributed by atoms with E-state index in [1.807, 2.05) is 12.2 Å². The lowest BCUT2D eigenvalue weighted by molar-refractivity contribution is 1.14. The van der Waals surface area contributed by atoms with Crippen LogP contribution in [0.15, 0.2) is 60.9 Å². The van der Waals surface area contributed by atoms with Crippen LogP contribution < -0.4 is 0 Å². The average molecular weight is 340 g/mol. The van der Waals surface area contributed by atoms with Crippen LogP contribution in [-0.2, 0) is 12.8 Å². The molecule has 0 amide bonds. The molecular weight excluding hydrogens is 316 g/mol. The van der Waals surface area contributed by atoms with Gasteiger partial charge < -0.3 is 0 Å². The van der Waals surface area contributed by atoms with Crippen molar-refractivity contribution in [3.63, 3.8) is 0 Å². The summed E-state index contributed by atoms with van der Waals surface area (Å²) in [6.45, 7) is 4.33. The molecule has 2 aromatic carbocycles. The SMILES string of the molecule is CCc1ccc(C=Cc2cnc(C=Cc3ccc(CC)cc3)cn2)cc1. The zero-order chi connectivity index (χ0) is 18.2. The summed E-state index contributed by atoms with van der Waals surface area (Å²) in [5.41, 5.74) is 6.75. The highest BCUT2D eigenvalue weighted by molar-refractivity contribution is 5.69. The number of nitrogens with zero attached hydrogens (tertiary/aromatic N) is 2. The fourth-order valence-electron chi connectivity index (χ4n) is 2.61. The lowest BCUT2D eigenvalue weighted by Crippen LogP contribution is -1.87. The van der Waals surface area contributed by atoms with Crippen LogP contribution in [0.4, 0.5) is 0 Å². The highest BCUT2D eigenvalue weighted by atomic mass is 14.8. The number of aryl methyl sites for hydroxylation is 2. The van der Waals surface area contributed by atoms with Crippen molar-refractivity contribution in [2.45, 2.75) is 26.7 Å². The molecule has 1 heterocycles. The first kappa shape index (κ1) is 17.8. The van der Waals surface area contributed by atoms with Gasteiger partial charge in [0.15, 0.2) is 0 Å². The van der Waals surface area contributed by atoms with Crippen LogP contribution in [0.2, 0.25) is 0 Å². The summed E-state index contributed by atoms with van der Waals surface area (Å²) in [5, 5.41) is 0. The maximum atomic E-state index is 4.47. The Morgan fingerprint density at radius 3 is 1.27 bits per heavy atom. The molecule has 0 aliphatic heterocycles. The summed E-state index contributed by atoms with van der Waals surface area (Å²) in [6, 6.07) is 17.2. The lowest BCUT2D eigenvalue weighted by Gasteiger charge is -1.99. The van der Waals surface area contributed by atoms with Crippen LogP contribution in [0.1, 0.15) is 47.5 Å². The number of hydrogen-bond acceptors (Lipinski definition) is 2. The predicted molar refractivity (Wildman–Crippen MR) is 112 cm³/mol. The van der Waals surface area contributed by atoms with Gasteiger partial charge in [-0.15, -0.1) is 0 Å². The first-order chi connectivity index (χ1) is 12.8. The zero-order valence-electron chi connectivity index (χ0n) is 15.4. The minimum atomic E-state index is 0.856. The Kier molecular flexibility index (Phi) is 6.10. The predicted octanol–water partition coefficient (Wildman–Crippen LogP) is 5.94. The molecule has 0 atom stereocenters. The summed E-state index contributed by atoms with van der Waals surface area (Å²) < 4.78 is 0. The molecule has 0 unspecified atom stereocenters. The summed E-state index contributed by atoms with van der Waals surface area (Å²) >= 11 is 0. The molecule has 0 saturated heterocycles. The van der Waals surface area contributed by atoms with Crippen LogP contribution in [0.25, 0.3) is 24.3 Å². The van der Waals surface area contributed by atoms with Crippen molar-refractivity contribution in [2.24, 2.45) is 0 Å². The van der Waals surface area contributed by atoms with Gasteiger partial charge in [-0.2, -0.15) is 0 Å². The van der Waals surface area contributed by atoms with E-state index in [1.165, 1.54) is 22.3 Å². The third kappa shape index (κ3) is 5.00. The summed E-state index contributed by atoms with van der Waals surface area (Å²) in [6.07, 6.45) is 13.8. The second-order valence-corrected chi connectivity index (χ2v) is 6.22. The third-order valence-corrected chi connectivity index (χ3v) is 4.36. The van der Waals surface area contributed by atoms with E-state index in [1.54, 1.807) is 12.4 Å². The minimum Gasteiger partial charge on any atom is -0.253 e. The van der Waals surface area contributed by atoms with Gasteiger partial charge in [-0.3, -0.25) is 9.97 Å². The smallest absolute Gasteiger partial charge is 0.0813 e. The molecular formula is C24H24N2. The largest absolute Gasteiger partial charge is 0.253 e. The van der Waals surface area contributed by atoms with E-state index in [2.05, 4.69) is 84.5 Å². The van der Waals surface area contributed by atoms with Crippen LogP contribution in [0, 0.1) is 0 Å². The summed E-state index contributed by atoms with van der Waals surface area (Å²) in [4.78, 5) is 8.93. The van der Waals surface area contributed by atoms with Crippen molar-refractivity contribution in [3.05, 3.63) is 94.6 Å². The van der Waals surface area contributed by atoms with E-state index in [-0.39, 0.29) is 0 Å². The average Bonchev–Trinajstić information content (AvgIpc) is 2.72. The maximum Gasteiger partial charge on any atom is 0.0813 e. The van der Waals surface area contributed by atoms with Crippen molar-refractivity contribution in [1.82, 2.24) is 9.97 Å². The fraction of sp³-hybridized carbons (Fsp3) is 0.167. The standard InChI is InChI=1S/C24H24N2/c1-3-19-5-9-21(10-6-19)13-15-23-17-26-24(18-25-23)16-14-22-11-7-20(4-2)8-12-22/h5-18H,3-4H2,1-2H3. The molecule has 0 N–H and O–H groups in total. The van der Waals surface area contributed by atoms with Gasteiger partial charge in [0.25, 0.3) is 0 Å². The molecule has 0 bridgehead atoms. The molecule has 2 heteroatoms. The molecule has 0 aliphatic carbocycles.